The minimum atomic E-state index is -4.49. The number of hydrogen-bond donors (Lipinski definition) is 1. The summed E-state index contributed by atoms with van der Waals surface area (Å²) in [5, 5.41) is 14.1. The van der Waals surface area contributed by atoms with Crippen molar-refractivity contribution in [1.82, 2.24) is 30.0 Å². The summed E-state index contributed by atoms with van der Waals surface area (Å²) in [5.41, 5.74) is 1.44. The Balaban J connectivity index is 1.36. The maximum atomic E-state index is 13.4. The van der Waals surface area contributed by atoms with Gasteiger partial charge in [-0.3, -0.25) is 14.3 Å². The molecule has 0 saturated carbocycles. The maximum Gasteiger partial charge on any atom is 0.416 e. The number of thioether (sulfide) groups is 1. The van der Waals surface area contributed by atoms with Crippen LogP contribution in [-0.2, 0) is 18.5 Å². The van der Waals surface area contributed by atoms with Crippen molar-refractivity contribution in [2.45, 2.75) is 23.6 Å². The van der Waals surface area contributed by atoms with Crippen molar-refractivity contribution in [1.29, 1.82) is 0 Å². The summed E-state index contributed by atoms with van der Waals surface area (Å²) < 4.78 is 41.9. The Morgan fingerprint density at radius 3 is 2.55 bits per heavy atom. The van der Waals surface area contributed by atoms with Crippen LogP contribution in [0, 0.1) is 0 Å². The number of amides is 1. The first-order chi connectivity index (χ1) is 18.4. The Bertz CT molecular complexity index is 1540. The van der Waals surface area contributed by atoms with Gasteiger partial charge in [0, 0.05) is 29.9 Å². The zero-order chi connectivity index (χ0) is 26.5. The van der Waals surface area contributed by atoms with Crippen LogP contribution in [0.1, 0.15) is 26.6 Å². The number of aromatic nitrogens is 5. The fourth-order valence-corrected chi connectivity index (χ4v) is 5.33. The molecule has 0 radical (unpaired) electrons. The molecule has 1 N–H and O–H groups in total. The van der Waals surface area contributed by atoms with Gasteiger partial charge in [0.15, 0.2) is 11.0 Å². The van der Waals surface area contributed by atoms with Crippen LogP contribution in [0.2, 0.25) is 0 Å². The number of thiazole rings is 1. The molecule has 38 heavy (non-hydrogen) atoms. The molecule has 0 spiro atoms. The molecule has 7 nitrogen and oxygen atoms in total. The predicted octanol–water partition coefficient (Wildman–Crippen LogP) is 6.03. The topological polar surface area (TPSA) is 85.6 Å². The van der Waals surface area contributed by atoms with E-state index in [1.54, 1.807) is 40.5 Å². The second kappa shape index (κ2) is 11.2. The largest absolute Gasteiger partial charge is 0.416 e. The summed E-state index contributed by atoms with van der Waals surface area (Å²) in [6.07, 6.45) is -1.34. The number of rotatable bonds is 8. The van der Waals surface area contributed by atoms with Crippen molar-refractivity contribution in [2.24, 2.45) is 0 Å². The fraction of sp³-hybridized carbons (Fsp3) is 0.115. The number of carbonyl (C=O) groups is 1. The highest BCUT2D eigenvalue weighted by atomic mass is 32.2. The van der Waals surface area contributed by atoms with E-state index in [1.807, 2.05) is 30.3 Å². The van der Waals surface area contributed by atoms with Crippen molar-refractivity contribution in [2.75, 3.05) is 0 Å². The zero-order valence-corrected chi connectivity index (χ0v) is 21.2. The van der Waals surface area contributed by atoms with Gasteiger partial charge < -0.3 is 5.32 Å². The Morgan fingerprint density at radius 2 is 1.79 bits per heavy atom. The van der Waals surface area contributed by atoms with Gasteiger partial charge in [0.25, 0.3) is 5.91 Å². The molecule has 5 rings (SSSR count). The summed E-state index contributed by atoms with van der Waals surface area (Å²) in [5.74, 6) is 0.451. The van der Waals surface area contributed by atoms with Gasteiger partial charge in [-0.15, -0.1) is 21.5 Å². The van der Waals surface area contributed by atoms with Crippen LogP contribution in [0.15, 0.2) is 89.7 Å². The van der Waals surface area contributed by atoms with E-state index in [0.29, 0.717) is 39.5 Å². The average Bonchev–Trinajstić information content (AvgIpc) is 3.59. The van der Waals surface area contributed by atoms with Crippen molar-refractivity contribution in [3.8, 4) is 17.1 Å². The monoisotopic (exact) mass is 552 g/mol. The van der Waals surface area contributed by atoms with E-state index >= 15 is 0 Å². The molecule has 0 unspecified atom stereocenters. The van der Waals surface area contributed by atoms with Gasteiger partial charge >= 0.3 is 6.18 Å². The molecular weight excluding hydrogens is 533 g/mol. The molecule has 0 fully saturated rings. The lowest BCUT2D eigenvalue weighted by Crippen LogP contribution is -2.23. The van der Waals surface area contributed by atoms with Gasteiger partial charge in [0.1, 0.15) is 10.7 Å². The quantitative estimate of drug-likeness (QED) is 0.237. The summed E-state index contributed by atoms with van der Waals surface area (Å²) >= 11 is 2.59. The second-order valence-corrected chi connectivity index (χ2v) is 9.89. The first-order valence-electron chi connectivity index (χ1n) is 11.3. The molecule has 0 aliphatic carbocycles. The normalized spacial score (nSPS) is 11.4. The van der Waals surface area contributed by atoms with Gasteiger partial charge in [-0.1, -0.05) is 48.2 Å². The van der Waals surface area contributed by atoms with Crippen molar-refractivity contribution in [3.05, 3.63) is 106 Å². The molecule has 0 aliphatic rings. The van der Waals surface area contributed by atoms with Crippen LogP contribution in [0.5, 0.6) is 0 Å². The highest BCUT2D eigenvalue weighted by Crippen LogP contribution is 2.34. The Morgan fingerprint density at radius 1 is 1.00 bits per heavy atom. The molecule has 0 aliphatic heterocycles. The molecule has 0 atom stereocenters. The number of pyridine rings is 1. The first kappa shape index (κ1) is 25.6. The zero-order valence-electron chi connectivity index (χ0n) is 19.6. The highest BCUT2D eigenvalue weighted by Gasteiger charge is 2.31. The van der Waals surface area contributed by atoms with E-state index in [2.05, 4.69) is 25.5 Å². The van der Waals surface area contributed by atoms with Gasteiger partial charge in [-0.05, 0) is 35.9 Å². The Kier molecular flexibility index (Phi) is 7.52. The van der Waals surface area contributed by atoms with Crippen LogP contribution >= 0.6 is 23.1 Å². The van der Waals surface area contributed by atoms with Crippen LogP contribution in [0.3, 0.4) is 0 Å². The van der Waals surface area contributed by atoms with E-state index < -0.39 is 11.7 Å². The van der Waals surface area contributed by atoms with E-state index in [-0.39, 0.29) is 11.6 Å². The van der Waals surface area contributed by atoms with Crippen LogP contribution in [-0.4, -0.2) is 30.6 Å². The molecule has 1 amide bonds. The number of nitrogens with one attached hydrogen (secondary N) is 1. The highest BCUT2D eigenvalue weighted by molar-refractivity contribution is 7.98. The summed E-state index contributed by atoms with van der Waals surface area (Å²) in [7, 11) is 0. The van der Waals surface area contributed by atoms with Crippen LogP contribution in [0.25, 0.3) is 17.1 Å². The van der Waals surface area contributed by atoms with Crippen molar-refractivity contribution >= 4 is 29.0 Å². The van der Waals surface area contributed by atoms with Crippen molar-refractivity contribution < 1.29 is 18.0 Å². The molecule has 3 heterocycles. The third-order valence-corrected chi connectivity index (χ3v) is 7.38. The van der Waals surface area contributed by atoms with E-state index in [9.17, 15) is 18.0 Å². The Hall–Kier alpha value is -4.03. The number of halogens is 3. The summed E-state index contributed by atoms with van der Waals surface area (Å²) in [6.45, 7) is 0.388. The minimum Gasteiger partial charge on any atom is -0.347 e. The molecule has 12 heteroatoms. The second-order valence-electron chi connectivity index (χ2n) is 8.01. The molecule has 192 valence electrons. The third kappa shape index (κ3) is 5.92. The molecule has 0 bridgehead atoms. The van der Waals surface area contributed by atoms with Gasteiger partial charge in [-0.25, -0.2) is 4.98 Å². The van der Waals surface area contributed by atoms with Gasteiger partial charge in [-0.2, -0.15) is 13.2 Å². The lowest BCUT2D eigenvalue weighted by atomic mass is 10.2. The third-order valence-electron chi connectivity index (χ3n) is 5.41. The van der Waals surface area contributed by atoms with E-state index in [4.69, 9.17) is 0 Å². The number of alkyl halides is 3. The van der Waals surface area contributed by atoms with Gasteiger partial charge in [0.05, 0.1) is 17.0 Å². The molecule has 3 aromatic heterocycles. The smallest absolute Gasteiger partial charge is 0.347 e. The summed E-state index contributed by atoms with van der Waals surface area (Å²) in [6, 6.07) is 18.0. The molecule has 0 saturated heterocycles. The van der Waals surface area contributed by atoms with E-state index in [1.165, 1.54) is 29.2 Å². The lowest BCUT2D eigenvalue weighted by Gasteiger charge is -2.13. The van der Waals surface area contributed by atoms with Crippen LogP contribution in [0.4, 0.5) is 13.2 Å². The SMILES string of the molecule is O=C(NCc1ccccc1)c1csc(CSc2nnc(-c3ccncc3)n2-c2cccc(C(F)(F)F)c2)n1. The number of carbonyl (C=O) groups excluding carboxylic acids is 1. The minimum absolute atomic E-state index is 0.277. The van der Waals surface area contributed by atoms with Gasteiger partial charge in [0.2, 0.25) is 0 Å². The predicted molar refractivity (Wildman–Crippen MR) is 139 cm³/mol. The van der Waals surface area contributed by atoms with Crippen LogP contribution < -0.4 is 5.32 Å². The number of hydrogen-bond acceptors (Lipinski definition) is 7. The van der Waals surface area contributed by atoms with Crippen molar-refractivity contribution in [3.63, 3.8) is 0 Å². The molecule has 5 aromatic rings. The van der Waals surface area contributed by atoms with E-state index in [0.717, 1.165) is 17.7 Å². The molecular formula is C26H19F3N6OS2. The number of benzene rings is 2. The standard InChI is InChI=1S/C26H19F3N6OS2/c27-26(28,29)19-7-4-8-20(13-19)35-23(18-9-11-30-12-10-18)33-34-25(35)38-16-22-32-21(15-37-22)24(36)31-14-17-5-2-1-3-6-17/h1-13,15H,14,16H2,(H,31,36). The fourth-order valence-electron chi connectivity index (χ4n) is 3.58. The lowest BCUT2D eigenvalue weighted by molar-refractivity contribution is -0.137. The average molecular weight is 553 g/mol. The summed E-state index contributed by atoms with van der Waals surface area (Å²) in [4.78, 5) is 20.9. The first-order valence-corrected chi connectivity index (χ1v) is 13.2. The maximum absolute atomic E-state index is 13.4. The number of nitrogens with zero attached hydrogens (tertiary/aromatic N) is 5. The molecule has 2 aromatic carbocycles. The Labute approximate surface area is 223 Å².